The Bertz CT molecular complexity index is 587. The summed E-state index contributed by atoms with van der Waals surface area (Å²) in [6, 6.07) is 12.0. The van der Waals surface area contributed by atoms with Gasteiger partial charge in [0, 0.05) is 16.6 Å². The average molecular weight is 241 g/mol. The molecule has 0 fully saturated rings. The van der Waals surface area contributed by atoms with E-state index in [2.05, 4.69) is 11.1 Å². The molecule has 4 heteroatoms. The quantitative estimate of drug-likeness (QED) is 0.822. The van der Waals surface area contributed by atoms with Gasteiger partial charge < -0.3 is 5.73 Å². The van der Waals surface area contributed by atoms with Crippen LogP contribution < -0.4 is 5.73 Å². The molecule has 0 aliphatic rings. The van der Waals surface area contributed by atoms with Crippen molar-refractivity contribution in [2.75, 3.05) is 0 Å². The van der Waals surface area contributed by atoms with Crippen molar-refractivity contribution >= 4 is 16.9 Å². The van der Waals surface area contributed by atoms with Gasteiger partial charge in [-0.3, -0.25) is 0 Å². The van der Waals surface area contributed by atoms with Gasteiger partial charge in [0.1, 0.15) is 11.1 Å². The lowest BCUT2D eigenvalue weighted by Crippen LogP contribution is -1.96. The molecule has 2 aromatic rings. The highest BCUT2D eigenvalue weighted by atomic mass is 32.1. The number of rotatable bonds is 2. The second-order valence-corrected chi connectivity index (χ2v) is 4.43. The predicted molar refractivity (Wildman–Crippen MR) is 69.9 cm³/mol. The van der Waals surface area contributed by atoms with E-state index in [9.17, 15) is 0 Å². The van der Waals surface area contributed by atoms with Crippen LogP contribution in [0.3, 0.4) is 0 Å². The van der Waals surface area contributed by atoms with Crippen molar-refractivity contribution < 1.29 is 0 Å². The van der Waals surface area contributed by atoms with Crippen LogP contribution in [-0.4, -0.2) is 4.98 Å². The van der Waals surface area contributed by atoms with E-state index in [1.165, 1.54) is 11.3 Å². The van der Waals surface area contributed by atoms with Crippen molar-refractivity contribution in [3.63, 3.8) is 0 Å². The molecular formula is C13H11N3S. The van der Waals surface area contributed by atoms with Gasteiger partial charge in [-0.1, -0.05) is 30.3 Å². The van der Waals surface area contributed by atoms with E-state index in [0.717, 1.165) is 10.6 Å². The lowest BCUT2D eigenvalue weighted by atomic mass is 10.2. The third-order valence-corrected chi connectivity index (χ3v) is 3.18. The minimum atomic E-state index is 0.448. The molecule has 0 atom stereocenters. The molecule has 0 unspecified atom stereocenters. The zero-order valence-corrected chi connectivity index (χ0v) is 10.2. The number of hydrogen-bond acceptors (Lipinski definition) is 4. The van der Waals surface area contributed by atoms with Crippen LogP contribution in [0.4, 0.5) is 0 Å². The maximum atomic E-state index is 9.01. The fourth-order valence-electron chi connectivity index (χ4n) is 1.45. The Labute approximate surface area is 104 Å². The summed E-state index contributed by atoms with van der Waals surface area (Å²) in [7, 11) is 0. The molecule has 17 heavy (non-hydrogen) atoms. The van der Waals surface area contributed by atoms with Crippen molar-refractivity contribution in [1.29, 1.82) is 5.26 Å². The third kappa shape index (κ3) is 2.35. The van der Waals surface area contributed by atoms with Crippen molar-refractivity contribution in [2.45, 2.75) is 6.92 Å². The molecule has 0 saturated carbocycles. The van der Waals surface area contributed by atoms with Gasteiger partial charge in [-0.25, -0.2) is 4.98 Å². The van der Waals surface area contributed by atoms with Gasteiger partial charge in [-0.15, -0.1) is 11.3 Å². The van der Waals surface area contributed by atoms with Crippen LogP contribution in [0.1, 0.15) is 12.6 Å². The number of nitriles is 1. The van der Waals surface area contributed by atoms with Crippen LogP contribution in [0.15, 0.2) is 41.4 Å². The average Bonchev–Trinajstić information content (AvgIpc) is 2.80. The summed E-state index contributed by atoms with van der Waals surface area (Å²) in [6.45, 7) is 1.71. The molecular weight excluding hydrogens is 230 g/mol. The number of hydrogen-bond donors (Lipinski definition) is 1. The van der Waals surface area contributed by atoms with Gasteiger partial charge in [0.15, 0.2) is 0 Å². The van der Waals surface area contributed by atoms with Crippen molar-refractivity contribution in [2.24, 2.45) is 5.73 Å². The molecule has 1 aromatic heterocycles. The number of aromatic nitrogens is 1. The highest BCUT2D eigenvalue weighted by Gasteiger charge is 2.09. The van der Waals surface area contributed by atoms with Gasteiger partial charge in [0.05, 0.1) is 11.3 Å². The third-order valence-electron chi connectivity index (χ3n) is 2.29. The molecule has 0 aliphatic carbocycles. The van der Waals surface area contributed by atoms with E-state index in [1.54, 1.807) is 6.92 Å². The molecule has 2 N–H and O–H groups in total. The second kappa shape index (κ2) is 4.81. The topological polar surface area (TPSA) is 62.7 Å². The maximum absolute atomic E-state index is 9.01. The Morgan fingerprint density at radius 2 is 2.06 bits per heavy atom. The normalized spacial score (nSPS) is 11.8. The standard InChI is InChI=1S/C13H11N3S/c1-9(15)11(7-14)12-8-17-13(16-12)10-5-3-2-4-6-10/h2-6,8H,15H2,1H3/b11-9+. The molecule has 3 nitrogen and oxygen atoms in total. The first-order valence-electron chi connectivity index (χ1n) is 5.10. The maximum Gasteiger partial charge on any atom is 0.124 e. The van der Waals surface area contributed by atoms with E-state index >= 15 is 0 Å². The van der Waals surface area contributed by atoms with Crippen LogP contribution in [0, 0.1) is 11.3 Å². The Hall–Kier alpha value is -2.12. The van der Waals surface area contributed by atoms with Gasteiger partial charge >= 0.3 is 0 Å². The molecule has 0 radical (unpaired) electrons. The Balaban J connectivity index is 2.42. The zero-order valence-electron chi connectivity index (χ0n) is 9.34. The van der Waals surface area contributed by atoms with Gasteiger partial charge in [-0.2, -0.15) is 5.26 Å². The first-order chi connectivity index (χ1) is 8.22. The SMILES string of the molecule is C/C(N)=C(/C#N)c1csc(-c2ccccc2)n1. The highest BCUT2D eigenvalue weighted by Crippen LogP contribution is 2.26. The first kappa shape index (κ1) is 11.4. The summed E-state index contributed by atoms with van der Waals surface area (Å²) in [6.07, 6.45) is 0. The number of allylic oxidation sites excluding steroid dienone is 2. The van der Waals surface area contributed by atoms with Crippen LogP contribution in [0.5, 0.6) is 0 Å². The Morgan fingerprint density at radius 3 is 2.65 bits per heavy atom. The Kier molecular flexibility index (Phi) is 3.22. The molecule has 1 heterocycles. The van der Waals surface area contributed by atoms with Crippen molar-refractivity contribution in [1.82, 2.24) is 4.98 Å². The van der Waals surface area contributed by atoms with E-state index in [-0.39, 0.29) is 0 Å². The summed E-state index contributed by atoms with van der Waals surface area (Å²) in [4.78, 5) is 4.43. The fourth-order valence-corrected chi connectivity index (χ4v) is 2.27. The van der Waals surface area contributed by atoms with Gasteiger partial charge in [0.2, 0.25) is 0 Å². The number of nitrogens with zero attached hydrogens (tertiary/aromatic N) is 2. The molecule has 84 valence electrons. The first-order valence-corrected chi connectivity index (χ1v) is 5.98. The monoisotopic (exact) mass is 241 g/mol. The smallest absolute Gasteiger partial charge is 0.124 e. The number of thiazole rings is 1. The summed E-state index contributed by atoms with van der Waals surface area (Å²) in [5.41, 5.74) is 8.30. The number of nitrogens with two attached hydrogens (primary N) is 1. The number of benzene rings is 1. The lowest BCUT2D eigenvalue weighted by Gasteiger charge is -1.96. The highest BCUT2D eigenvalue weighted by molar-refractivity contribution is 7.13. The predicted octanol–water partition coefficient (Wildman–Crippen LogP) is 3.02. The molecule has 0 spiro atoms. The summed E-state index contributed by atoms with van der Waals surface area (Å²) >= 11 is 1.51. The largest absolute Gasteiger partial charge is 0.401 e. The van der Waals surface area contributed by atoms with Crippen LogP contribution in [-0.2, 0) is 0 Å². The molecule has 0 bridgehead atoms. The lowest BCUT2D eigenvalue weighted by molar-refractivity contribution is 1.28. The van der Waals surface area contributed by atoms with Crippen LogP contribution in [0.2, 0.25) is 0 Å². The van der Waals surface area contributed by atoms with Gasteiger partial charge in [-0.05, 0) is 6.92 Å². The summed E-state index contributed by atoms with van der Waals surface area (Å²) in [5.74, 6) is 0. The molecule has 0 amide bonds. The van der Waals surface area contributed by atoms with E-state index in [0.29, 0.717) is 17.0 Å². The second-order valence-electron chi connectivity index (χ2n) is 3.57. The van der Waals surface area contributed by atoms with E-state index in [4.69, 9.17) is 11.0 Å². The van der Waals surface area contributed by atoms with E-state index in [1.807, 2.05) is 35.7 Å². The van der Waals surface area contributed by atoms with Crippen molar-refractivity contribution in [3.8, 4) is 16.6 Å². The summed E-state index contributed by atoms with van der Waals surface area (Å²) < 4.78 is 0. The fraction of sp³-hybridized carbons (Fsp3) is 0.0769. The molecule has 2 rings (SSSR count). The van der Waals surface area contributed by atoms with E-state index < -0.39 is 0 Å². The minimum absolute atomic E-state index is 0.448. The minimum Gasteiger partial charge on any atom is -0.401 e. The van der Waals surface area contributed by atoms with Crippen LogP contribution in [0.25, 0.3) is 16.1 Å². The van der Waals surface area contributed by atoms with Crippen molar-refractivity contribution in [3.05, 3.63) is 47.1 Å². The summed E-state index contributed by atoms with van der Waals surface area (Å²) in [5, 5.41) is 11.8. The zero-order chi connectivity index (χ0) is 12.3. The molecule has 0 saturated heterocycles. The molecule has 0 aliphatic heterocycles. The van der Waals surface area contributed by atoms with Crippen LogP contribution >= 0.6 is 11.3 Å². The van der Waals surface area contributed by atoms with Gasteiger partial charge in [0.25, 0.3) is 0 Å². The molecule has 1 aromatic carbocycles. The Morgan fingerprint density at radius 1 is 1.35 bits per heavy atom.